The van der Waals surface area contributed by atoms with Crippen LogP contribution in [-0.4, -0.2) is 41.5 Å². The van der Waals surface area contributed by atoms with E-state index in [9.17, 15) is 43.2 Å². The van der Waals surface area contributed by atoms with Crippen LogP contribution in [0.15, 0.2) is 0 Å². The highest BCUT2D eigenvalue weighted by molar-refractivity contribution is 7.95. The molecule has 0 aliphatic heterocycles. The molecule has 0 aromatic rings. The van der Waals surface area contributed by atoms with Crippen molar-refractivity contribution in [3.05, 3.63) is 0 Å². The van der Waals surface area contributed by atoms with Crippen LogP contribution < -0.4 is 4.39 Å². The Bertz CT molecular complexity index is 570. The molecule has 1 N–H and O–H groups in total. The normalized spacial score (nSPS) is 18.1. The SMILES string of the molecule is CC(C)(C)[Si](C)(CS(=O)(=O)C(F)(F)F)NS(=O)(=O)C(F)(F)F. The molecule has 0 saturated heterocycles. The van der Waals surface area contributed by atoms with Gasteiger partial charge in [0.2, 0.25) is 9.84 Å². The number of rotatable bonds is 4. The summed E-state index contributed by atoms with van der Waals surface area (Å²) in [7, 11) is -16.1. The molecule has 0 fully saturated rings. The number of sulfone groups is 1. The fourth-order valence-corrected chi connectivity index (χ4v) is 11.5. The zero-order valence-corrected chi connectivity index (χ0v) is 14.6. The van der Waals surface area contributed by atoms with Gasteiger partial charge in [-0.3, -0.25) is 0 Å². The average Bonchev–Trinajstić information content (AvgIpc) is 2.08. The van der Waals surface area contributed by atoms with E-state index in [4.69, 9.17) is 0 Å². The van der Waals surface area contributed by atoms with Crippen LogP contribution in [0.1, 0.15) is 20.8 Å². The summed E-state index contributed by atoms with van der Waals surface area (Å²) in [6.07, 6.45) is 0. The first kappa shape index (κ1) is 21.7. The predicted octanol–water partition coefficient (Wildman–Crippen LogP) is 2.27. The maximum atomic E-state index is 12.5. The molecule has 0 aliphatic carbocycles. The van der Waals surface area contributed by atoms with E-state index in [0.29, 0.717) is 0 Å². The lowest BCUT2D eigenvalue weighted by molar-refractivity contribution is -0.0442. The van der Waals surface area contributed by atoms with E-state index in [2.05, 4.69) is 0 Å². The first-order chi connectivity index (χ1) is 9.16. The minimum Gasteiger partial charge on any atom is -0.228 e. The molecule has 0 amide bonds. The number of sulfonamides is 1. The lowest BCUT2D eigenvalue weighted by Gasteiger charge is -2.39. The Balaban J connectivity index is 5.98. The van der Waals surface area contributed by atoms with Gasteiger partial charge < -0.3 is 0 Å². The van der Waals surface area contributed by atoms with Crippen molar-refractivity contribution in [1.82, 2.24) is 4.39 Å². The number of alkyl halides is 6. The Labute approximate surface area is 125 Å². The van der Waals surface area contributed by atoms with Crippen molar-refractivity contribution >= 4 is 28.1 Å². The molecule has 1 unspecified atom stereocenters. The fraction of sp³-hybridized carbons (Fsp3) is 1.00. The standard InChI is InChI=1S/C8H15F6NO4S2Si/c1-6(2,3)22(4,5-20(16,17)7(9,10)11)15-21(18,19)8(12,13)14/h15H,5H2,1-4H3. The van der Waals surface area contributed by atoms with Crippen LogP contribution in [0.3, 0.4) is 0 Å². The zero-order chi connectivity index (χ0) is 18.4. The van der Waals surface area contributed by atoms with Gasteiger partial charge in [-0.2, -0.15) is 26.3 Å². The Morgan fingerprint density at radius 3 is 1.45 bits per heavy atom. The molecule has 0 bridgehead atoms. The molecule has 0 radical (unpaired) electrons. The maximum absolute atomic E-state index is 12.5. The van der Waals surface area contributed by atoms with Crippen molar-refractivity contribution in [1.29, 1.82) is 0 Å². The van der Waals surface area contributed by atoms with Gasteiger partial charge in [0.05, 0.1) is 5.38 Å². The third-order valence-corrected chi connectivity index (χ3v) is 14.5. The lowest BCUT2D eigenvalue weighted by Crippen LogP contribution is -2.64. The van der Waals surface area contributed by atoms with Crippen LogP contribution in [0.4, 0.5) is 26.3 Å². The average molecular weight is 395 g/mol. The van der Waals surface area contributed by atoms with Gasteiger partial charge in [-0.05, 0) is 5.04 Å². The van der Waals surface area contributed by atoms with Crippen molar-refractivity contribution in [2.75, 3.05) is 5.38 Å². The third kappa shape index (κ3) is 4.58. The number of hydrogen-bond donors (Lipinski definition) is 1. The molecular weight excluding hydrogens is 380 g/mol. The highest BCUT2D eigenvalue weighted by atomic mass is 32.2. The van der Waals surface area contributed by atoms with E-state index >= 15 is 0 Å². The smallest absolute Gasteiger partial charge is 0.228 e. The second-order valence-corrected chi connectivity index (χ2v) is 15.1. The Morgan fingerprint density at radius 1 is 0.864 bits per heavy atom. The molecule has 14 heteroatoms. The molecule has 0 aromatic carbocycles. The summed E-state index contributed by atoms with van der Waals surface area (Å²) in [5, 5.41) is -3.16. The molecule has 134 valence electrons. The summed E-state index contributed by atoms with van der Waals surface area (Å²) < 4.78 is 121. The minimum atomic E-state index is -5.98. The van der Waals surface area contributed by atoms with E-state index in [-0.39, 0.29) is 0 Å². The molecule has 0 heterocycles. The van der Waals surface area contributed by atoms with Crippen molar-refractivity contribution in [3.8, 4) is 0 Å². The number of hydrogen-bond acceptors (Lipinski definition) is 4. The van der Waals surface area contributed by atoms with Crippen molar-refractivity contribution in [3.63, 3.8) is 0 Å². The predicted molar refractivity (Wildman–Crippen MR) is 69.3 cm³/mol. The fourth-order valence-electron chi connectivity index (χ4n) is 1.22. The van der Waals surface area contributed by atoms with Crippen molar-refractivity contribution in [2.45, 2.75) is 43.4 Å². The van der Waals surface area contributed by atoms with Crippen LogP contribution in [0.2, 0.25) is 11.6 Å². The van der Waals surface area contributed by atoms with Crippen LogP contribution in [0.5, 0.6) is 0 Å². The molecule has 5 nitrogen and oxygen atoms in total. The molecule has 0 saturated carbocycles. The van der Waals surface area contributed by atoms with E-state index in [1.165, 1.54) is 25.2 Å². The van der Waals surface area contributed by atoms with E-state index in [1.54, 1.807) is 0 Å². The first-order valence-corrected chi connectivity index (χ1v) is 11.4. The zero-order valence-electron chi connectivity index (χ0n) is 11.9. The molecule has 0 rings (SSSR count). The van der Waals surface area contributed by atoms with Gasteiger partial charge >= 0.3 is 21.0 Å². The second-order valence-electron chi connectivity index (χ2n) is 5.84. The summed E-state index contributed by atoms with van der Waals surface area (Å²) in [5.74, 6) is 0. The Kier molecular flexibility index (Phi) is 5.54. The van der Waals surface area contributed by atoms with Crippen LogP contribution >= 0.6 is 0 Å². The summed E-state index contributed by atoms with van der Waals surface area (Å²) in [4.78, 5) is 0. The van der Waals surface area contributed by atoms with E-state index < -0.39 is 49.5 Å². The summed E-state index contributed by atoms with van der Waals surface area (Å²) in [6.45, 7) is 4.32. The van der Waals surface area contributed by atoms with Gasteiger partial charge in [0, 0.05) is 0 Å². The van der Waals surface area contributed by atoms with E-state index in [1.807, 2.05) is 0 Å². The van der Waals surface area contributed by atoms with Crippen LogP contribution in [-0.2, 0) is 19.9 Å². The maximum Gasteiger partial charge on any atom is 0.510 e. The highest BCUT2D eigenvalue weighted by Crippen LogP contribution is 2.39. The van der Waals surface area contributed by atoms with Gasteiger partial charge in [-0.1, -0.05) is 27.3 Å². The molecule has 22 heavy (non-hydrogen) atoms. The monoisotopic (exact) mass is 395 g/mol. The molecule has 1 atom stereocenters. The molecular formula is C8H15F6NO4S2Si. The summed E-state index contributed by atoms with van der Waals surface area (Å²) >= 11 is 0. The van der Waals surface area contributed by atoms with Crippen molar-refractivity contribution in [2.24, 2.45) is 0 Å². The van der Waals surface area contributed by atoms with Crippen LogP contribution in [0, 0.1) is 0 Å². The van der Waals surface area contributed by atoms with Gasteiger partial charge in [-0.15, -0.1) is 0 Å². The third-order valence-electron chi connectivity index (χ3n) is 3.15. The summed E-state index contributed by atoms with van der Waals surface area (Å²) in [6, 6.07) is 0. The first-order valence-electron chi connectivity index (χ1n) is 5.56. The van der Waals surface area contributed by atoms with E-state index in [0.717, 1.165) is 6.55 Å². The minimum absolute atomic E-state index is 0.805. The molecule has 0 aliphatic rings. The lowest BCUT2D eigenvalue weighted by atomic mass is 10.2. The Morgan fingerprint density at radius 2 is 1.23 bits per heavy atom. The topological polar surface area (TPSA) is 80.3 Å². The number of nitrogens with one attached hydrogen (secondary N) is 1. The van der Waals surface area contributed by atoms with Gasteiger partial charge in [0.1, 0.15) is 0 Å². The highest BCUT2D eigenvalue weighted by Gasteiger charge is 2.58. The summed E-state index contributed by atoms with van der Waals surface area (Å²) in [5.41, 5.74) is -11.4. The molecule has 0 spiro atoms. The van der Waals surface area contributed by atoms with Gasteiger partial charge in [-0.25, -0.2) is 21.2 Å². The number of halogens is 6. The Hall–Kier alpha value is -0.343. The second kappa shape index (κ2) is 5.63. The molecule has 0 aromatic heterocycles. The van der Waals surface area contributed by atoms with Crippen LogP contribution in [0.25, 0.3) is 0 Å². The van der Waals surface area contributed by atoms with Crippen molar-refractivity contribution < 1.29 is 43.2 Å². The van der Waals surface area contributed by atoms with Gasteiger partial charge in [0.25, 0.3) is 0 Å². The van der Waals surface area contributed by atoms with Gasteiger partial charge in [0.15, 0.2) is 8.24 Å². The largest absolute Gasteiger partial charge is 0.510 e. The quantitative estimate of drug-likeness (QED) is 0.585.